The molecule has 0 bridgehead atoms. The first-order chi connectivity index (χ1) is 11.1. The Morgan fingerprint density at radius 2 is 2.04 bits per heavy atom. The predicted octanol–water partition coefficient (Wildman–Crippen LogP) is 0.0577. The van der Waals surface area contributed by atoms with E-state index in [4.69, 9.17) is 5.73 Å². The normalized spacial score (nSPS) is 12.6. The van der Waals surface area contributed by atoms with Crippen molar-refractivity contribution in [2.75, 3.05) is 11.5 Å². The molecular formula is C13H15N7O2S. The Labute approximate surface area is 133 Å². The van der Waals surface area contributed by atoms with Crippen LogP contribution in [0.4, 0.5) is 5.82 Å². The van der Waals surface area contributed by atoms with Crippen LogP contribution in [0.25, 0.3) is 11.2 Å². The monoisotopic (exact) mass is 333 g/mol. The molecule has 9 nitrogen and oxygen atoms in total. The molecule has 1 atom stereocenters. The van der Waals surface area contributed by atoms with Crippen LogP contribution in [0, 0.1) is 0 Å². The molecule has 0 saturated heterocycles. The van der Waals surface area contributed by atoms with Gasteiger partial charge in [-0.3, -0.25) is 8.78 Å². The standard InChI is InChI=1S/C13H15N7O2S/c1-2-3-23(22)12-18-10(14)9-11(19-12)20(13(21)17-9)6-8-4-15-7-16-5-8/h4-5,7H,2-3,6H2,1H3,(H,17,21)(H2,14,18,19). The Morgan fingerprint density at radius 3 is 2.74 bits per heavy atom. The van der Waals surface area contributed by atoms with Crippen molar-refractivity contribution in [2.45, 2.75) is 25.0 Å². The molecule has 3 N–H and O–H groups in total. The lowest BCUT2D eigenvalue weighted by molar-refractivity contribution is 0.674. The number of aromatic amines is 1. The fraction of sp³-hybridized carbons (Fsp3) is 0.308. The molecular weight excluding hydrogens is 318 g/mol. The van der Waals surface area contributed by atoms with Crippen molar-refractivity contribution >= 4 is 27.8 Å². The van der Waals surface area contributed by atoms with Crippen LogP contribution in [0.15, 0.2) is 28.7 Å². The summed E-state index contributed by atoms with van der Waals surface area (Å²) in [6.07, 6.45) is 5.36. The zero-order valence-electron chi connectivity index (χ0n) is 12.4. The molecule has 0 aromatic carbocycles. The van der Waals surface area contributed by atoms with E-state index in [2.05, 4.69) is 24.9 Å². The summed E-state index contributed by atoms with van der Waals surface area (Å²) < 4.78 is 13.5. The topological polar surface area (TPSA) is 132 Å². The van der Waals surface area contributed by atoms with Gasteiger partial charge >= 0.3 is 5.69 Å². The van der Waals surface area contributed by atoms with Crippen molar-refractivity contribution in [2.24, 2.45) is 0 Å². The third-order valence-electron chi connectivity index (χ3n) is 3.18. The molecule has 0 aliphatic carbocycles. The highest BCUT2D eigenvalue weighted by Gasteiger charge is 2.16. The van der Waals surface area contributed by atoms with Crippen LogP contribution in [0.5, 0.6) is 0 Å². The highest BCUT2D eigenvalue weighted by atomic mass is 32.2. The first kappa shape index (κ1) is 15.3. The summed E-state index contributed by atoms with van der Waals surface area (Å²) in [5.41, 5.74) is 6.90. The lowest BCUT2D eigenvalue weighted by Gasteiger charge is -2.05. The number of nitrogens with two attached hydrogens (primary N) is 1. The molecule has 0 aliphatic heterocycles. The summed E-state index contributed by atoms with van der Waals surface area (Å²) in [4.78, 5) is 31.0. The fourth-order valence-electron chi connectivity index (χ4n) is 2.15. The van der Waals surface area contributed by atoms with Crippen LogP contribution >= 0.6 is 0 Å². The van der Waals surface area contributed by atoms with Crippen molar-refractivity contribution < 1.29 is 4.21 Å². The minimum absolute atomic E-state index is 0.106. The highest BCUT2D eigenvalue weighted by Crippen LogP contribution is 2.16. The van der Waals surface area contributed by atoms with E-state index >= 15 is 0 Å². The van der Waals surface area contributed by atoms with Gasteiger partial charge in [0.2, 0.25) is 5.16 Å². The van der Waals surface area contributed by atoms with Gasteiger partial charge < -0.3 is 10.7 Å². The van der Waals surface area contributed by atoms with Crippen LogP contribution in [-0.2, 0) is 17.3 Å². The molecule has 1 unspecified atom stereocenters. The molecule has 120 valence electrons. The zero-order chi connectivity index (χ0) is 16.4. The average molecular weight is 333 g/mol. The van der Waals surface area contributed by atoms with Crippen LogP contribution in [0.1, 0.15) is 18.9 Å². The number of nitrogens with zero attached hydrogens (tertiary/aromatic N) is 5. The second kappa shape index (κ2) is 6.24. The minimum Gasteiger partial charge on any atom is -0.382 e. The average Bonchev–Trinajstić information content (AvgIpc) is 2.86. The maximum atomic E-state index is 12.2. The molecule has 3 aromatic heterocycles. The first-order valence-electron chi connectivity index (χ1n) is 6.98. The predicted molar refractivity (Wildman–Crippen MR) is 85.3 cm³/mol. The minimum atomic E-state index is -1.35. The Bertz CT molecular complexity index is 919. The smallest absolute Gasteiger partial charge is 0.328 e. The van der Waals surface area contributed by atoms with E-state index in [1.165, 1.54) is 10.9 Å². The van der Waals surface area contributed by atoms with E-state index in [1.54, 1.807) is 12.4 Å². The molecule has 0 spiro atoms. The number of anilines is 1. The Hall–Kier alpha value is -2.62. The van der Waals surface area contributed by atoms with Crippen LogP contribution in [0.2, 0.25) is 0 Å². The molecule has 3 aromatic rings. The molecule has 0 fully saturated rings. The van der Waals surface area contributed by atoms with Gasteiger partial charge in [0.1, 0.15) is 11.8 Å². The van der Waals surface area contributed by atoms with Gasteiger partial charge in [0, 0.05) is 23.7 Å². The molecule has 23 heavy (non-hydrogen) atoms. The number of imidazole rings is 1. The van der Waals surface area contributed by atoms with Gasteiger partial charge in [-0.25, -0.2) is 24.7 Å². The number of aromatic nitrogens is 6. The Kier molecular flexibility index (Phi) is 4.15. The number of fused-ring (bicyclic) bond motifs is 1. The molecule has 3 rings (SSSR count). The van der Waals surface area contributed by atoms with Crippen molar-refractivity contribution in [3.05, 3.63) is 34.8 Å². The maximum Gasteiger partial charge on any atom is 0.328 e. The number of nitrogens with one attached hydrogen (secondary N) is 1. The largest absolute Gasteiger partial charge is 0.382 e. The number of nitrogen functional groups attached to an aromatic ring is 1. The summed E-state index contributed by atoms with van der Waals surface area (Å²) in [6, 6.07) is 0. The molecule has 10 heteroatoms. The quantitative estimate of drug-likeness (QED) is 0.631. The van der Waals surface area contributed by atoms with Crippen LogP contribution in [-0.4, -0.2) is 39.4 Å². The SMILES string of the molecule is CCCS(=O)c1nc(N)c2[nH]c(=O)n(Cc3cncnc3)c2n1. The van der Waals surface area contributed by atoms with Crippen molar-refractivity contribution in [1.29, 1.82) is 0 Å². The van der Waals surface area contributed by atoms with Gasteiger partial charge in [-0.05, 0) is 6.42 Å². The second-order valence-electron chi connectivity index (χ2n) is 4.90. The van der Waals surface area contributed by atoms with Gasteiger partial charge in [-0.2, -0.15) is 0 Å². The van der Waals surface area contributed by atoms with Gasteiger partial charge in [0.15, 0.2) is 11.5 Å². The molecule has 0 radical (unpaired) electrons. The third kappa shape index (κ3) is 2.97. The van der Waals surface area contributed by atoms with E-state index in [1.807, 2.05) is 6.92 Å². The van der Waals surface area contributed by atoms with Crippen LogP contribution in [0.3, 0.4) is 0 Å². The summed E-state index contributed by atoms with van der Waals surface area (Å²) in [6.45, 7) is 2.15. The fourth-order valence-corrected chi connectivity index (χ4v) is 3.09. The van der Waals surface area contributed by atoms with E-state index in [0.29, 0.717) is 16.9 Å². The molecule has 0 aliphatic rings. The molecule has 3 heterocycles. The summed E-state index contributed by atoms with van der Waals surface area (Å²) >= 11 is 0. The molecule has 0 amide bonds. The van der Waals surface area contributed by atoms with Crippen molar-refractivity contribution in [1.82, 2.24) is 29.5 Å². The summed E-state index contributed by atoms with van der Waals surface area (Å²) in [5.74, 6) is 0.543. The number of hydrogen-bond donors (Lipinski definition) is 2. The van der Waals surface area contributed by atoms with Gasteiger partial charge in [0.05, 0.1) is 17.3 Å². The van der Waals surface area contributed by atoms with Crippen molar-refractivity contribution in [3.63, 3.8) is 0 Å². The maximum absolute atomic E-state index is 12.2. The number of hydrogen-bond acceptors (Lipinski definition) is 7. The van der Waals surface area contributed by atoms with Gasteiger partial charge in [0.25, 0.3) is 0 Å². The van der Waals surface area contributed by atoms with E-state index in [0.717, 1.165) is 12.0 Å². The van der Waals surface area contributed by atoms with Crippen LogP contribution < -0.4 is 11.4 Å². The lowest BCUT2D eigenvalue weighted by atomic mass is 10.3. The van der Waals surface area contributed by atoms with E-state index < -0.39 is 10.8 Å². The number of H-pyrrole nitrogens is 1. The first-order valence-corrected chi connectivity index (χ1v) is 8.30. The molecule has 0 saturated carbocycles. The summed E-state index contributed by atoms with van der Waals surface area (Å²) in [5, 5.41) is 0.133. The Balaban J connectivity index is 2.12. The number of rotatable bonds is 5. The van der Waals surface area contributed by atoms with Gasteiger partial charge in [-0.1, -0.05) is 6.92 Å². The summed E-state index contributed by atoms with van der Waals surface area (Å²) in [7, 11) is -1.35. The van der Waals surface area contributed by atoms with Crippen molar-refractivity contribution in [3.8, 4) is 0 Å². The van der Waals surface area contributed by atoms with E-state index in [9.17, 15) is 9.00 Å². The second-order valence-corrected chi connectivity index (χ2v) is 6.37. The lowest BCUT2D eigenvalue weighted by Crippen LogP contribution is -2.18. The zero-order valence-corrected chi connectivity index (χ0v) is 13.2. The third-order valence-corrected chi connectivity index (χ3v) is 4.55. The van der Waals surface area contributed by atoms with E-state index in [-0.39, 0.29) is 23.2 Å². The highest BCUT2D eigenvalue weighted by molar-refractivity contribution is 7.84. The Morgan fingerprint density at radius 1 is 1.30 bits per heavy atom. The van der Waals surface area contributed by atoms with Gasteiger partial charge in [-0.15, -0.1) is 0 Å².